The Bertz CT molecular complexity index is 2760. The van der Waals surface area contributed by atoms with Gasteiger partial charge in [0.05, 0.1) is 23.0 Å². The number of hydrogen-bond acceptors (Lipinski definition) is 6. The zero-order valence-corrected chi connectivity index (χ0v) is 30.2. The number of rotatable bonds is 8. The predicted molar refractivity (Wildman–Crippen MR) is 224 cm³/mol. The van der Waals surface area contributed by atoms with Gasteiger partial charge in [0, 0.05) is 33.4 Å². The molecule has 0 aliphatic rings. The Labute approximate surface area is 325 Å². The minimum Gasteiger partial charge on any atom is -0.228 e. The molecule has 0 radical (unpaired) electrons. The Morgan fingerprint density at radius 2 is 0.607 bits per heavy atom. The molecular weight excluding hydrogens is 685 g/mol. The van der Waals surface area contributed by atoms with Crippen LogP contribution in [0.2, 0.25) is 0 Å². The molecule has 6 nitrogen and oxygen atoms in total. The molecule has 6 heteroatoms. The summed E-state index contributed by atoms with van der Waals surface area (Å²) in [5.41, 5.74) is 12.2. The van der Waals surface area contributed by atoms with Gasteiger partial charge in [0.15, 0.2) is 23.3 Å². The average molecular weight is 717 g/mol. The molecule has 0 aliphatic carbocycles. The molecule has 0 N–H and O–H groups in total. The third-order valence-corrected chi connectivity index (χ3v) is 9.62. The van der Waals surface area contributed by atoms with Crippen molar-refractivity contribution in [1.82, 2.24) is 24.9 Å². The zero-order valence-electron chi connectivity index (χ0n) is 30.2. The summed E-state index contributed by atoms with van der Waals surface area (Å²) in [6.07, 6.45) is 0. The van der Waals surface area contributed by atoms with Crippen molar-refractivity contribution < 1.29 is 0 Å². The van der Waals surface area contributed by atoms with Crippen LogP contribution in [0, 0.1) is 11.3 Å². The number of nitriles is 1. The highest BCUT2D eigenvalue weighted by Gasteiger charge is 2.14. The van der Waals surface area contributed by atoms with E-state index in [1.165, 1.54) is 0 Å². The van der Waals surface area contributed by atoms with Crippen molar-refractivity contribution in [2.24, 2.45) is 0 Å². The molecular formula is C50H32N6. The molecule has 7 aromatic carbocycles. The van der Waals surface area contributed by atoms with Gasteiger partial charge in [-0.05, 0) is 46.5 Å². The van der Waals surface area contributed by atoms with Crippen LogP contribution < -0.4 is 0 Å². The third kappa shape index (κ3) is 7.21. The molecule has 0 amide bonds. The average Bonchev–Trinajstić information content (AvgIpc) is 3.30. The summed E-state index contributed by atoms with van der Waals surface area (Å²) in [5, 5.41) is 9.19. The lowest BCUT2D eigenvalue weighted by atomic mass is 9.99. The number of benzene rings is 7. The van der Waals surface area contributed by atoms with Crippen LogP contribution in [0.1, 0.15) is 5.56 Å². The second-order valence-electron chi connectivity index (χ2n) is 13.3. The Morgan fingerprint density at radius 1 is 0.268 bits per heavy atom. The van der Waals surface area contributed by atoms with Crippen molar-refractivity contribution in [2.75, 3.05) is 0 Å². The van der Waals surface area contributed by atoms with E-state index in [0.717, 1.165) is 67.0 Å². The Kier molecular flexibility index (Phi) is 9.23. The highest BCUT2D eigenvalue weighted by molar-refractivity contribution is 5.77. The van der Waals surface area contributed by atoms with Gasteiger partial charge in [-0.15, -0.1) is 0 Å². The molecule has 2 aromatic heterocycles. The van der Waals surface area contributed by atoms with Gasteiger partial charge >= 0.3 is 0 Å². The quantitative estimate of drug-likeness (QED) is 0.156. The van der Waals surface area contributed by atoms with Crippen LogP contribution >= 0.6 is 0 Å². The fraction of sp³-hybridized carbons (Fsp3) is 0. The number of hydrogen-bond donors (Lipinski definition) is 0. The summed E-state index contributed by atoms with van der Waals surface area (Å²) in [6.45, 7) is 0. The molecule has 56 heavy (non-hydrogen) atoms. The predicted octanol–water partition coefficient (Wildman–Crippen LogP) is 11.9. The molecule has 9 aromatic rings. The maximum absolute atomic E-state index is 9.19. The highest BCUT2D eigenvalue weighted by atomic mass is 15.0. The standard InChI is InChI=1S/C50H32N6/c51-33-34-19-21-35(22-20-34)36-23-27-38(28-24-36)45-32-46(53-47(52-45)40-11-4-1-5-12-40)39-29-25-37(26-30-39)43-17-10-18-44(31-43)50-55-48(41-13-6-2-7-14-41)54-49(56-50)42-15-8-3-9-16-42/h1-32H. The first-order valence-electron chi connectivity index (χ1n) is 18.3. The molecule has 0 fully saturated rings. The lowest BCUT2D eigenvalue weighted by Crippen LogP contribution is -2.00. The topological polar surface area (TPSA) is 88.2 Å². The minimum absolute atomic E-state index is 0.614. The van der Waals surface area contributed by atoms with Crippen molar-refractivity contribution >= 4 is 0 Å². The first-order valence-corrected chi connectivity index (χ1v) is 18.3. The second kappa shape index (κ2) is 15.2. The number of nitrogens with zero attached hydrogens (tertiary/aromatic N) is 6. The highest BCUT2D eigenvalue weighted by Crippen LogP contribution is 2.32. The van der Waals surface area contributed by atoms with Crippen LogP contribution in [0.5, 0.6) is 0 Å². The van der Waals surface area contributed by atoms with Gasteiger partial charge in [-0.3, -0.25) is 0 Å². The van der Waals surface area contributed by atoms with Crippen LogP contribution in [0.25, 0.3) is 90.3 Å². The largest absolute Gasteiger partial charge is 0.228 e. The van der Waals surface area contributed by atoms with Crippen molar-refractivity contribution in [3.63, 3.8) is 0 Å². The van der Waals surface area contributed by atoms with Crippen LogP contribution in [0.4, 0.5) is 0 Å². The summed E-state index contributed by atoms with van der Waals surface area (Å²) < 4.78 is 0. The number of aromatic nitrogens is 5. The van der Waals surface area contributed by atoms with Crippen LogP contribution in [-0.4, -0.2) is 24.9 Å². The summed E-state index contributed by atoms with van der Waals surface area (Å²) in [4.78, 5) is 24.8. The van der Waals surface area contributed by atoms with E-state index in [4.69, 9.17) is 24.9 Å². The van der Waals surface area contributed by atoms with Gasteiger partial charge in [-0.2, -0.15) is 5.26 Å². The van der Waals surface area contributed by atoms with Gasteiger partial charge in [0.1, 0.15) is 0 Å². The molecule has 0 aliphatic heterocycles. The second-order valence-corrected chi connectivity index (χ2v) is 13.3. The summed E-state index contributed by atoms with van der Waals surface area (Å²) in [5.74, 6) is 2.53. The van der Waals surface area contributed by atoms with E-state index in [9.17, 15) is 5.26 Å². The first kappa shape index (κ1) is 33.9. The summed E-state index contributed by atoms with van der Waals surface area (Å²) in [7, 11) is 0. The van der Waals surface area contributed by atoms with E-state index in [-0.39, 0.29) is 0 Å². The first-order chi connectivity index (χ1) is 27.7. The lowest BCUT2D eigenvalue weighted by Gasteiger charge is -2.11. The lowest BCUT2D eigenvalue weighted by molar-refractivity contribution is 1.07. The monoisotopic (exact) mass is 716 g/mol. The zero-order chi connectivity index (χ0) is 37.7. The van der Waals surface area contributed by atoms with Crippen molar-refractivity contribution in [3.8, 4) is 96.4 Å². The van der Waals surface area contributed by atoms with Crippen molar-refractivity contribution in [1.29, 1.82) is 5.26 Å². The van der Waals surface area contributed by atoms with Crippen LogP contribution in [-0.2, 0) is 0 Å². The molecule has 2 heterocycles. The smallest absolute Gasteiger partial charge is 0.164 e. The van der Waals surface area contributed by atoms with E-state index in [1.54, 1.807) is 0 Å². The van der Waals surface area contributed by atoms with Crippen molar-refractivity contribution in [2.45, 2.75) is 0 Å². The van der Waals surface area contributed by atoms with Crippen LogP contribution in [0.15, 0.2) is 194 Å². The molecule has 0 unspecified atom stereocenters. The van der Waals surface area contributed by atoms with Gasteiger partial charge in [-0.25, -0.2) is 24.9 Å². The van der Waals surface area contributed by atoms with E-state index in [0.29, 0.717) is 28.9 Å². The van der Waals surface area contributed by atoms with Crippen molar-refractivity contribution in [3.05, 3.63) is 200 Å². The fourth-order valence-electron chi connectivity index (χ4n) is 6.64. The molecule has 0 saturated heterocycles. The van der Waals surface area contributed by atoms with E-state index in [1.807, 2.05) is 133 Å². The van der Waals surface area contributed by atoms with E-state index in [2.05, 4.69) is 66.7 Å². The third-order valence-electron chi connectivity index (χ3n) is 9.62. The van der Waals surface area contributed by atoms with E-state index >= 15 is 0 Å². The molecule has 0 saturated carbocycles. The Morgan fingerprint density at radius 3 is 1.05 bits per heavy atom. The van der Waals surface area contributed by atoms with Gasteiger partial charge in [0.2, 0.25) is 0 Å². The summed E-state index contributed by atoms with van der Waals surface area (Å²) >= 11 is 0. The van der Waals surface area contributed by atoms with Gasteiger partial charge in [0.25, 0.3) is 0 Å². The van der Waals surface area contributed by atoms with Gasteiger partial charge in [-0.1, -0.05) is 170 Å². The Balaban J connectivity index is 1.05. The maximum atomic E-state index is 9.19. The summed E-state index contributed by atoms with van der Waals surface area (Å²) in [6, 6.07) is 67.1. The molecule has 262 valence electrons. The Hall–Kier alpha value is -7.88. The normalized spacial score (nSPS) is 10.8. The minimum atomic E-state index is 0.614. The fourth-order valence-corrected chi connectivity index (χ4v) is 6.64. The molecule has 9 rings (SSSR count). The molecule has 0 bridgehead atoms. The van der Waals surface area contributed by atoms with E-state index < -0.39 is 0 Å². The van der Waals surface area contributed by atoms with Gasteiger partial charge < -0.3 is 0 Å². The SMILES string of the molecule is N#Cc1ccc(-c2ccc(-c3cc(-c4ccc(-c5cccc(-c6nc(-c7ccccc7)nc(-c7ccccc7)n6)c5)cc4)nc(-c4ccccc4)n3)cc2)cc1. The molecule has 0 spiro atoms. The maximum Gasteiger partial charge on any atom is 0.164 e. The van der Waals surface area contributed by atoms with Crippen LogP contribution in [0.3, 0.4) is 0 Å². The molecule has 0 atom stereocenters.